The minimum atomic E-state index is 0.684. The van der Waals surface area contributed by atoms with Gasteiger partial charge in [-0.2, -0.15) is 0 Å². The van der Waals surface area contributed by atoms with Crippen LogP contribution in [0, 0.1) is 4.91 Å². The molecule has 0 aromatic heterocycles. The average Bonchev–Trinajstić information content (AvgIpc) is 1.90. The second-order valence-electron chi connectivity index (χ2n) is 1.75. The third-order valence-electron chi connectivity index (χ3n) is 1.15. The zero-order valence-electron chi connectivity index (χ0n) is 4.58. The summed E-state index contributed by atoms with van der Waals surface area (Å²) in [7, 11) is 0. The lowest BCUT2D eigenvalue weighted by Crippen LogP contribution is -2.20. The van der Waals surface area contributed by atoms with Gasteiger partial charge < -0.3 is 0 Å². The maximum absolute atomic E-state index is 9.80. The zero-order chi connectivity index (χ0) is 5.82. The topological polar surface area (TPSA) is 32.7 Å². The Kier molecular flexibility index (Phi) is 1.62. The number of nitrogens with zero attached hydrogens (tertiary/aromatic N) is 2. The van der Waals surface area contributed by atoms with Crippen LogP contribution in [0.3, 0.4) is 0 Å². The van der Waals surface area contributed by atoms with Gasteiger partial charge in [0.1, 0.15) is 0 Å². The second-order valence-corrected chi connectivity index (χ2v) is 1.75. The molecule has 0 unspecified atom stereocenters. The molecule has 0 fully saturated rings. The van der Waals surface area contributed by atoms with Crippen molar-refractivity contribution in [2.45, 2.75) is 6.42 Å². The van der Waals surface area contributed by atoms with Crippen molar-refractivity contribution in [2.24, 2.45) is 5.29 Å². The molecule has 0 saturated heterocycles. The molecule has 1 aliphatic rings. The first-order chi connectivity index (χ1) is 3.93. The van der Waals surface area contributed by atoms with Gasteiger partial charge in [0.15, 0.2) is 0 Å². The molecule has 8 heavy (non-hydrogen) atoms. The van der Waals surface area contributed by atoms with Crippen LogP contribution in [-0.4, -0.2) is 18.1 Å². The van der Waals surface area contributed by atoms with Crippen LogP contribution in [0.5, 0.6) is 0 Å². The van der Waals surface area contributed by atoms with Gasteiger partial charge in [-0.25, -0.2) is 0 Å². The molecule has 0 spiro atoms. The molecule has 0 saturated carbocycles. The van der Waals surface area contributed by atoms with Crippen molar-refractivity contribution in [2.75, 3.05) is 13.1 Å². The Labute approximate surface area is 47.9 Å². The molecule has 3 heteroatoms. The van der Waals surface area contributed by atoms with Gasteiger partial charge in [-0.3, -0.25) is 5.01 Å². The van der Waals surface area contributed by atoms with Crippen molar-refractivity contribution in [3.8, 4) is 0 Å². The van der Waals surface area contributed by atoms with Gasteiger partial charge in [-0.1, -0.05) is 12.2 Å². The molecule has 1 heterocycles. The number of hydrogen-bond donors (Lipinski definition) is 0. The van der Waals surface area contributed by atoms with Crippen LogP contribution in [0.25, 0.3) is 0 Å². The van der Waals surface area contributed by atoms with E-state index in [0.717, 1.165) is 13.0 Å². The predicted molar refractivity (Wildman–Crippen MR) is 31.1 cm³/mol. The van der Waals surface area contributed by atoms with E-state index in [1.807, 2.05) is 6.08 Å². The lowest BCUT2D eigenvalue weighted by Gasteiger charge is -2.14. The van der Waals surface area contributed by atoms with Crippen LogP contribution in [0.1, 0.15) is 6.42 Å². The molecule has 0 radical (unpaired) electrons. The molecule has 0 aromatic carbocycles. The summed E-state index contributed by atoms with van der Waals surface area (Å²) in [5, 5.41) is 4.28. The van der Waals surface area contributed by atoms with Crippen molar-refractivity contribution in [1.29, 1.82) is 0 Å². The summed E-state index contributed by atoms with van der Waals surface area (Å²) in [6.07, 6.45) is 4.96. The van der Waals surface area contributed by atoms with Crippen LogP contribution >= 0.6 is 0 Å². The van der Waals surface area contributed by atoms with Crippen LogP contribution in [0.4, 0.5) is 0 Å². The third kappa shape index (κ3) is 1.05. The van der Waals surface area contributed by atoms with E-state index < -0.39 is 0 Å². The van der Waals surface area contributed by atoms with E-state index >= 15 is 0 Å². The van der Waals surface area contributed by atoms with Crippen LogP contribution < -0.4 is 0 Å². The molecule has 1 aliphatic heterocycles. The lowest BCUT2D eigenvalue weighted by molar-refractivity contribution is 0.311. The van der Waals surface area contributed by atoms with E-state index in [1.165, 1.54) is 5.01 Å². The highest BCUT2D eigenvalue weighted by molar-refractivity contribution is 4.89. The Morgan fingerprint density at radius 1 is 1.50 bits per heavy atom. The first-order valence-corrected chi connectivity index (χ1v) is 2.66. The summed E-state index contributed by atoms with van der Waals surface area (Å²) in [5.41, 5.74) is 0. The average molecular weight is 112 g/mol. The quantitative estimate of drug-likeness (QED) is 0.373. The first-order valence-electron chi connectivity index (χ1n) is 2.66. The second kappa shape index (κ2) is 2.45. The molecule has 0 atom stereocenters. The fourth-order valence-corrected chi connectivity index (χ4v) is 0.703. The smallest absolute Gasteiger partial charge is 0.0573 e. The van der Waals surface area contributed by atoms with Gasteiger partial charge in [0.05, 0.1) is 11.8 Å². The lowest BCUT2D eigenvalue weighted by atomic mass is 10.3. The molecule has 0 aromatic rings. The fourth-order valence-electron chi connectivity index (χ4n) is 0.703. The van der Waals surface area contributed by atoms with Crippen molar-refractivity contribution >= 4 is 0 Å². The maximum Gasteiger partial charge on any atom is 0.0573 e. The minimum Gasteiger partial charge on any atom is -0.257 e. The van der Waals surface area contributed by atoms with E-state index in [4.69, 9.17) is 0 Å². The summed E-state index contributed by atoms with van der Waals surface area (Å²) in [6, 6.07) is 0. The first kappa shape index (κ1) is 5.28. The van der Waals surface area contributed by atoms with Crippen molar-refractivity contribution < 1.29 is 0 Å². The van der Waals surface area contributed by atoms with Gasteiger partial charge in [-0.15, -0.1) is 4.91 Å². The molecule has 44 valence electrons. The van der Waals surface area contributed by atoms with E-state index in [1.54, 1.807) is 0 Å². The molecule has 0 N–H and O–H groups in total. The maximum atomic E-state index is 9.80. The van der Waals surface area contributed by atoms with Crippen molar-refractivity contribution in [3.05, 3.63) is 17.1 Å². The number of hydrogen-bond acceptors (Lipinski definition) is 2. The van der Waals surface area contributed by atoms with Crippen LogP contribution in [0.2, 0.25) is 0 Å². The Hall–Kier alpha value is -0.860. The summed E-state index contributed by atoms with van der Waals surface area (Å²) < 4.78 is 0. The minimum absolute atomic E-state index is 0.684. The molecule has 3 nitrogen and oxygen atoms in total. The largest absolute Gasteiger partial charge is 0.257 e. The molecular weight excluding hydrogens is 104 g/mol. The Morgan fingerprint density at radius 2 is 2.38 bits per heavy atom. The summed E-state index contributed by atoms with van der Waals surface area (Å²) >= 11 is 0. The van der Waals surface area contributed by atoms with Gasteiger partial charge in [0.25, 0.3) is 0 Å². The molecular formula is C5H8N2O. The Morgan fingerprint density at radius 3 is 2.75 bits per heavy atom. The molecule has 0 amide bonds. The SMILES string of the molecule is O=NN1CC=CCC1. The van der Waals surface area contributed by atoms with Gasteiger partial charge in [-0.05, 0) is 6.42 Å². The van der Waals surface area contributed by atoms with Crippen molar-refractivity contribution in [3.63, 3.8) is 0 Å². The normalized spacial score (nSPS) is 18.8. The number of rotatable bonds is 1. The molecule has 1 rings (SSSR count). The standard InChI is InChI=1S/C5H8N2O/c8-6-7-4-2-1-3-5-7/h1-2H,3-5H2. The van der Waals surface area contributed by atoms with Gasteiger partial charge in [0.2, 0.25) is 0 Å². The van der Waals surface area contributed by atoms with Crippen LogP contribution in [-0.2, 0) is 0 Å². The molecule has 0 aliphatic carbocycles. The zero-order valence-corrected chi connectivity index (χ0v) is 4.58. The predicted octanol–water partition coefficient (Wildman–Crippen LogP) is 0.930. The highest BCUT2D eigenvalue weighted by Crippen LogP contribution is 1.99. The summed E-state index contributed by atoms with van der Waals surface area (Å²) in [5.74, 6) is 0. The Bertz CT molecular complexity index is 111. The van der Waals surface area contributed by atoms with E-state index in [-0.39, 0.29) is 0 Å². The Balaban J connectivity index is 2.37. The number of nitroso groups, excluding NO2 is 1. The van der Waals surface area contributed by atoms with E-state index in [9.17, 15) is 4.91 Å². The fraction of sp³-hybridized carbons (Fsp3) is 0.600. The van der Waals surface area contributed by atoms with E-state index in [2.05, 4.69) is 11.4 Å². The van der Waals surface area contributed by atoms with Gasteiger partial charge in [0, 0.05) is 6.54 Å². The van der Waals surface area contributed by atoms with Crippen LogP contribution in [0.15, 0.2) is 17.4 Å². The summed E-state index contributed by atoms with van der Waals surface area (Å²) in [6.45, 7) is 1.46. The van der Waals surface area contributed by atoms with Gasteiger partial charge >= 0.3 is 0 Å². The monoisotopic (exact) mass is 112 g/mol. The highest BCUT2D eigenvalue weighted by Gasteiger charge is 2.00. The summed E-state index contributed by atoms with van der Waals surface area (Å²) in [4.78, 5) is 9.80. The molecule has 0 bridgehead atoms. The third-order valence-corrected chi connectivity index (χ3v) is 1.15. The van der Waals surface area contributed by atoms with Crippen molar-refractivity contribution in [1.82, 2.24) is 5.01 Å². The van der Waals surface area contributed by atoms with E-state index in [0.29, 0.717) is 6.54 Å². The highest BCUT2D eigenvalue weighted by atomic mass is 16.3.